The van der Waals surface area contributed by atoms with E-state index in [9.17, 15) is 0 Å². The standard InChI is InChI=1S/C14H20ClN3O3S/c1-4-21-13-11(15)7-10(8-12(13)20-3)9-17-18-14(22)16-5-6-19-2/h7-9H,4-6H2,1-3H3,(H2,16,18,22)/b17-9-. The van der Waals surface area contributed by atoms with E-state index in [-0.39, 0.29) is 0 Å². The second-order valence-electron chi connectivity index (χ2n) is 4.09. The molecule has 0 aliphatic carbocycles. The summed E-state index contributed by atoms with van der Waals surface area (Å²) in [6.45, 7) is 3.57. The Balaban J connectivity index is 2.67. The van der Waals surface area contributed by atoms with Crippen LogP contribution in [-0.4, -0.2) is 45.3 Å². The normalized spacial score (nSPS) is 10.5. The van der Waals surface area contributed by atoms with Gasteiger partial charge in [0.25, 0.3) is 0 Å². The molecule has 0 aliphatic heterocycles. The van der Waals surface area contributed by atoms with E-state index in [2.05, 4.69) is 15.8 Å². The minimum Gasteiger partial charge on any atom is -0.493 e. The molecule has 0 unspecified atom stereocenters. The van der Waals surface area contributed by atoms with Gasteiger partial charge in [0.15, 0.2) is 16.6 Å². The Morgan fingerprint density at radius 2 is 2.18 bits per heavy atom. The Labute approximate surface area is 140 Å². The lowest BCUT2D eigenvalue weighted by molar-refractivity contribution is 0.204. The van der Waals surface area contributed by atoms with Crippen molar-refractivity contribution < 1.29 is 14.2 Å². The first-order valence-electron chi connectivity index (χ1n) is 6.68. The molecular formula is C14H20ClN3O3S. The Bertz CT molecular complexity index is 526. The van der Waals surface area contributed by atoms with Crippen LogP contribution in [0.15, 0.2) is 17.2 Å². The van der Waals surface area contributed by atoms with E-state index >= 15 is 0 Å². The molecule has 0 saturated heterocycles. The van der Waals surface area contributed by atoms with Gasteiger partial charge in [-0.3, -0.25) is 5.43 Å². The highest BCUT2D eigenvalue weighted by Crippen LogP contribution is 2.35. The fourth-order valence-corrected chi connectivity index (χ4v) is 2.00. The zero-order valence-electron chi connectivity index (χ0n) is 12.8. The first-order chi connectivity index (χ1) is 10.6. The van der Waals surface area contributed by atoms with E-state index in [0.29, 0.717) is 41.4 Å². The van der Waals surface area contributed by atoms with Crippen LogP contribution in [0, 0.1) is 0 Å². The van der Waals surface area contributed by atoms with Crippen LogP contribution in [0.5, 0.6) is 11.5 Å². The van der Waals surface area contributed by atoms with Crippen molar-refractivity contribution >= 4 is 35.1 Å². The Morgan fingerprint density at radius 3 is 2.82 bits per heavy atom. The number of methoxy groups -OCH3 is 2. The molecular weight excluding hydrogens is 326 g/mol. The first-order valence-corrected chi connectivity index (χ1v) is 7.47. The summed E-state index contributed by atoms with van der Waals surface area (Å²) in [7, 11) is 3.18. The molecule has 1 aromatic carbocycles. The van der Waals surface area contributed by atoms with E-state index in [0.717, 1.165) is 5.56 Å². The van der Waals surface area contributed by atoms with Gasteiger partial charge in [0.2, 0.25) is 0 Å². The number of rotatable bonds is 8. The predicted molar refractivity (Wildman–Crippen MR) is 92.4 cm³/mol. The van der Waals surface area contributed by atoms with Gasteiger partial charge in [-0.15, -0.1) is 0 Å². The van der Waals surface area contributed by atoms with E-state index in [4.69, 9.17) is 38.0 Å². The molecule has 1 rings (SSSR count). The average molecular weight is 346 g/mol. The van der Waals surface area contributed by atoms with Gasteiger partial charge < -0.3 is 19.5 Å². The van der Waals surface area contributed by atoms with Crippen LogP contribution < -0.4 is 20.2 Å². The van der Waals surface area contributed by atoms with Crippen LogP contribution >= 0.6 is 23.8 Å². The maximum absolute atomic E-state index is 6.18. The van der Waals surface area contributed by atoms with Crippen molar-refractivity contribution in [3.8, 4) is 11.5 Å². The molecule has 6 nitrogen and oxygen atoms in total. The first kappa shape index (κ1) is 18.5. The third kappa shape index (κ3) is 6.05. The lowest BCUT2D eigenvalue weighted by Crippen LogP contribution is -2.34. The van der Waals surface area contributed by atoms with E-state index in [1.54, 1.807) is 32.6 Å². The molecule has 0 saturated carbocycles. The summed E-state index contributed by atoms with van der Waals surface area (Å²) < 4.78 is 15.6. The number of benzene rings is 1. The summed E-state index contributed by atoms with van der Waals surface area (Å²) in [5.41, 5.74) is 3.47. The summed E-state index contributed by atoms with van der Waals surface area (Å²) >= 11 is 11.2. The SMILES string of the molecule is CCOc1c(Cl)cc(/C=N\NC(=S)NCCOC)cc1OC. The molecule has 0 aliphatic rings. The van der Waals surface area contributed by atoms with Gasteiger partial charge >= 0.3 is 0 Å². The van der Waals surface area contributed by atoms with Gasteiger partial charge in [-0.25, -0.2) is 0 Å². The van der Waals surface area contributed by atoms with E-state index in [1.165, 1.54) is 0 Å². The van der Waals surface area contributed by atoms with Gasteiger partial charge in [-0.05, 0) is 36.8 Å². The molecule has 8 heteroatoms. The molecule has 0 bridgehead atoms. The van der Waals surface area contributed by atoms with Crippen molar-refractivity contribution in [2.75, 3.05) is 34.0 Å². The maximum atomic E-state index is 6.18. The van der Waals surface area contributed by atoms with Crippen molar-refractivity contribution in [2.24, 2.45) is 5.10 Å². The third-order valence-corrected chi connectivity index (χ3v) is 3.03. The van der Waals surface area contributed by atoms with Crippen LogP contribution in [0.2, 0.25) is 5.02 Å². The molecule has 0 radical (unpaired) electrons. The van der Waals surface area contributed by atoms with Crippen molar-refractivity contribution in [3.05, 3.63) is 22.7 Å². The van der Waals surface area contributed by atoms with Crippen LogP contribution in [0.1, 0.15) is 12.5 Å². The summed E-state index contributed by atoms with van der Waals surface area (Å²) in [5, 5.41) is 7.85. The predicted octanol–water partition coefficient (Wildman–Crippen LogP) is 2.19. The lowest BCUT2D eigenvalue weighted by Gasteiger charge is -2.11. The number of nitrogens with one attached hydrogen (secondary N) is 2. The molecule has 1 aromatic rings. The van der Waals surface area contributed by atoms with Gasteiger partial charge in [0.05, 0.1) is 31.6 Å². The molecule has 0 fully saturated rings. The van der Waals surface area contributed by atoms with Gasteiger partial charge in [0.1, 0.15) is 0 Å². The second kappa shape index (κ2) is 10.2. The van der Waals surface area contributed by atoms with Crippen molar-refractivity contribution in [2.45, 2.75) is 6.92 Å². The van der Waals surface area contributed by atoms with E-state index in [1.807, 2.05) is 6.92 Å². The fraction of sp³-hybridized carbons (Fsp3) is 0.429. The Kier molecular flexibility index (Phi) is 8.57. The zero-order chi connectivity index (χ0) is 16.4. The van der Waals surface area contributed by atoms with Crippen LogP contribution in [0.4, 0.5) is 0 Å². The van der Waals surface area contributed by atoms with Crippen LogP contribution in [0.3, 0.4) is 0 Å². The number of hydrogen-bond donors (Lipinski definition) is 2. The van der Waals surface area contributed by atoms with Crippen molar-refractivity contribution in [1.82, 2.24) is 10.7 Å². The molecule has 0 amide bonds. The highest BCUT2D eigenvalue weighted by atomic mass is 35.5. The largest absolute Gasteiger partial charge is 0.493 e. The number of hydrazone groups is 1. The van der Waals surface area contributed by atoms with Crippen LogP contribution in [0.25, 0.3) is 0 Å². The summed E-state index contributed by atoms with van der Waals surface area (Å²) in [5.74, 6) is 1.07. The molecule has 122 valence electrons. The molecule has 0 heterocycles. The van der Waals surface area contributed by atoms with Gasteiger partial charge in [-0.2, -0.15) is 5.10 Å². The smallest absolute Gasteiger partial charge is 0.187 e. The number of thiocarbonyl (C=S) groups is 1. The number of hydrogen-bond acceptors (Lipinski definition) is 5. The highest BCUT2D eigenvalue weighted by molar-refractivity contribution is 7.80. The lowest BCUT2D eigenvalue weighted by atomic mass is 10.2. The van der Waals surface area contributed by atoms with Crippen LogP contribution in [-0.2, 0) is 4.74 Å². The Morgan fingerprint density at radius 1 is 1.41 bits per heavy atom. The molecule has 22 heavy (non-hydrogen) atoms. The molecule has 0 aromatic heterocycles. The van der Waals surface area contributed by atoms with Gasteiger partial charge in [-0.1, -0.05) is 11.6 Å². The quantitative estimate of drug-likeness (QED) is 0.326. The highest BCUT2D eigenvalue weighted by Gasteiger charge is 2.10. The zero-order valence-corrected chi connectivity index (χ0v) is 14.4. The molecule has 0 spiro atoms. The molecule has 2 N–H and O–H groups in total. The fourth-order valence-electron chi connectivity index (χ4n) is 1.57. The third-order valence-electron chi connectivity index (χ3n) is 2.51. The number of nitrogens with zero attached hydrogens (tertiary/aromatic N) is 1. The van der Waals surface area contributed by atoms with Crippen molar-refractivity contribution in [1.29, 1.82) is 0 Å². The summed E-state index contributed by atoms with van der Waals surface area (Å²) in [6, 6.07) is 3.52. The molecule has 0 atom stereocenters. The minimum absolute atomic E-state index is 0.414. The minimum atomic E-state index is 0.414. The van der Waals surface area contributed by atoms with Gasteiger partial charge in [0, 0.05) is 13.7 Å². The average Bonchev–Trinajstić information content (AvgIpc) is 2.50. The number of halogens is 1. The monoisotopic (exact) mass is 345 g/mol. The maximum Gasteiger partial charge on any atom is 0.187 e. The van der Waals surface area contributed by atoms with Crippen molar-refractivity contribution in [3.63, 3.8) is 0 Å². The van der Waals surface area contributed by atoms with E-state index < -0.39 is 0 Å². The summed E-state index contributed by atoms with van der Waals surface area (Å²) in [4.78, 5) is 0. The number of ether oxygens (including phenoxy) is 3. The topological polar surface area (TPSA) is 64.1 Å². The summed E-state index contributed by atoms with van der Waals surface area (Å²) in [6.07, 6.45) is 1.59. The Hall–Kier alpha value is -1.57. The second-order valence-corrected chi connectivity index (χ2v) is 4.90.